The number of aromatic nitrogens is 1. The van der Waals surface area contributed by atoms with E-state index in [2.05, 4.69) is 15.6 Å². The number of pyridine rings is 1. The number of benzene rings is 1. The number of methoxy groups -OCH3 is 2. The van der Waals surface area contributed by atoms with Crippen LogP contribution < -0.4 is 20.3 Å². The first-order valence-corrected chi connectivity index (χ1v) is 10.0. The monoisotopic (exact) mass is 438 g/mol. The minimum Gasteiger partial charge on any atom is -0.495 e. The van der Waals surface area contributed by atoms with Crippen LogP contribution in [-0.2, 0) is 9.53 Å². The number of carbonyl (C=O) groups is 1. The number of hydrogen-bond donors (Lipinski definition) is 2. The van der Waals surface area contributed by atoms with E-state index >= 15 is 0 Å². The van der Waals surface area contributed by atoms with E-state index in [0.717, 1.165) is 17.1 Å². The average Bonchev–Trinajstić information content (AvgIpc) is 3.42. The summed E-state index contributed by atoms with van der Waals surface area (Å²) in [4.78, 5) is 18.6. The maximum Gasteiger partial charge on any atom is 0.250 e. The summed E-state index contributed by atoms with van der Waals surface area (Å²) in [6, 6.07) is 14.5. The van der Waals surface area contributed by atoms with Crippen LogP contribution in [0, 0.1) is 0 Å². The van der Waals surface area contributed by atoms with Crippen molar-refractivity contribution in [2.24, 2.45) is 0 Å². The van der Waals surface area contributed by atoms with E-state index in [1.54, 1.807) is 25.6 Å². The molecule has 0 radical (unpaired) electrons. The summed E-state index contributed by atoms with van der Waals surface area (Å²) >= 11 is 5.69. The summed E-state index contributed by atoms with van der Waals surface area (Å²) in [5.41, 5.74) is 2.13. The van der Waals surface area contributed by atoms with Crippen molar-refractivity contribution in [2.45, 2.75) is 12.1 Å². The minimum absolute atomic E-state index is 0.0617. The van der Waals surface area contributed by atoms with Crippen molar-refractivity contribution in [3.63, 3.8) is 0 Å². The number of rotatable bonds is 7. The molecule has 1 fully saturated rings. The summed E-state index contributed by atoms with van der Waals surface area (Å²) in [6.07, 6.45) is 3.38. The molecule has 9 heteroatoms. The van der Waals surface area contributed by atoms with Crippen LogP contribution in [-0.4, -0.2) is 36.8 Å². The summed E-state index contributed by atoms with van der Waals surface area (Å²) in [6.45, 7) is -0.0617. The minimum atomic E-state index is -0.283. The molecule has 0 unspecified atom stereocenters. The molecule has 0 saturated carbocycles. The number of hydrogen-bond acceptors (Lipinski definition) is 6. The van der Waals surface area contributed by atoms with E-state index in [0.29, 0.717) is 16.5 Å². The zero-order valence-electron chi connectivity index (χ0n) is 17.1. The number of thiocarbonyl (C=S) groups is 1. The summed E-state index contributed by atoms with van der Waals surface area (Å²) in [5.74, 6) is 0.986. The Morgan fingerprint density at radius 1 is 1.26 bits per heavy atom. The third kappa shape index (κ3) is 4.23. The van der Waals surface area contributed by atoms with Gasteiger partial charge in [-0.25, -0.2) is 0 Å². The first-order chi connectivity index (χ1) is 15.1. The van der Waals surface area contributed by atoms with Crippen molar-refractivity contribution in [1.29, 1.82) is 0 Å². The van der Waals surface area contributed by atoms with Gasteiger partial charge in [-0.1, -0.05) is 6.07 Å². The third-order valence-electron chi connectivity index (χ3n) is 4.94. The Hall–Kier alpha value is -3.43. The van der Waals surface area contributed by atoms with Gasteiger partial charge in [-0.3, -0.25) is 9.78 Å². The highest BCUT2D eigenvalue weighted by atomic mass is 32.1. The summed E-state index contributed by atoms with van der Waals surface area (Å²) in [7, 11) is 3.01. The predicted octanol–water partition coefficient (Wildman–Crippen LogP) is 3.45. The summed E-state index contributed by atoms with van der Waals surface area (Å²) in [5, 5.41) is 6.71. The number of carbonyl (C=O) groups excluding carboxylic acids is 1. The number of amides is 1. The lowest BCUT2D eigenvalue weighted by Crippen LogP contribution is -2.29. The fourth-order valence-electron chi connectivity index (χ4n) is 3.64. The zero-order valence-corrected chi connectivity index (χ0v) is 17.9. The van der Waals surface area contributed by atoms with Crippen LogP contribution in [0.4, 0.5) is 11.4 Å². The molecular weight excluding hydrogens is 416 g/mol. The number of nitrogens with zero attached hydrogens (tertiary/aromatic N) is 2. The van der Waals surface area contributed by atoms with E-state index in [1.807, 2.05) is 47.4 Å². The standard InChI is InChI=1S/C22H22N4O4S/c1-28-13-19(27)24-16-12-14(8-9-17(16)29-2)26-21(18-7-5-11-30-18)20(25-22(26)31)15-6-3-4-10-23-15/h3-12,20-21H,13H2,1-2H3,(H,24,27)(H,25,31)/t20-,21+/m0/s1. The van der Waals surface area contributed by atoms with Crippen LogP contribution in [0.3, 0.4) is 0 Å². The van der Waals surface area contributed by atoms with E-state index < -0.39 is 0 Å². The van der Waals surface area contributed by atoms with Gasteiger partial charge in [0.1, 0.15) is 24.2 Å². The molecule has 0 aliphatic carbocycles. The van der Waals surface area contributed by atoms with Crippen LogP contribution >= 0.6 is 12.2 Å². The lowest BCUT2D eigenvalue weighted by atomic mass is 10.0. The van der Waals surface area contributed by atoms with Gasteiger partial charge in [-0.05, 0) is 54.7 Å². The molecule has 2 atom stereocenters. The fraction of sp³-hybridized carbons (Fsp3) is 0.227. The molecule has 0 spiro atoms. The molecule has 1 aromatic carbocycles. The van der Waals surface area contributed by atoms with Crippen LogP contribution in [0.25, 0.3) is 0 Å². The second-order valence-corrected chi connectivity index (χ2v) is 7.26. The summed E-state index contributed by atoms with van der Waals surface area (Å²) < 4.78 is 16.1. The van der Waals surface area contributed by atoms with Crippen molar-refractivity contribution < 1.29 is 18.7 Å². The van der Waals surface area contributed by atoms with Gasteiger partial charge in [0, 0.05) is 19.0 Å². The van der Waals surface area contributed by atoms with E-state index in [9.17, 15) is 4.79 Å². The van der Waals surface area contributed by atoms with Gasteiger partial charge in [-0.15, -0.1) is 0 Å². The highest BCUT2D eigenvalue weighted by molar-refractivity contribution is 7.80. The molecule has 160 valence electrons. The van der Waals surface area contributed by atoms with Crippen LogP contribution in [0.2, 0.25) is 0 Å². The molecule has 8 nitrogen and oxygen atoms in total. The number of furan rings is 1. The van der Waals surface area contributed by atoms with E-state index in [4.69, 9.17) is 26.1 Å². The average molecular weight is 439 g/mol. The van der Waals surface area contributed by atoms with Gasteiger partial charge in [0.25, 0.3) is 0 Å². The zero-order chi connectivity index (χ0) is 21.8. The van der Waals surface area contributed by atoms with Gasteiger partial charge in [-0.2, -0.15) is 0 Å². The maximum atomic E-state index is 12.1. The molecule has 4 rings (SSSR count). The van der Waals surface area contributed by atoms with Gasteiger partial charge in [0.05, 0.1) is 30.8 Å². The normalized spacial score (nSPS) is 18.0. The molecule has 2 N–H and O–H groups in total. The first kappa shape index (κ1) is 20.8. The molecule has 1 aliphatic heterocycles. The fourth-order valence-corrected chi connectivity index (χ4v) is 3.99. The molecule has 1 aliphatic rings. The molecule has 2 aromatic heterocycles. The highest BCUT2D eigenvalue weighted by Gasteiger charge is 2.42. The molecule has 1 saturated heterocycles. The molecule has 31 heavy (non-hydrogen) atoms. The highest BCUT2D eigenvalue weighted by Crippen LogP contribution is 2.43. The lowest BCUT2D eigenvalue weighted by molar-refractivity contribution is -0.119. The van der Waals surface area contributed by atoms with Gasteiger partial charge in [0.15, 0.2) is 5.11 Å². The number of anilines is 2. The van der Waals surface area contributed by atoms with Crippen molar-refractivity contribution in [1.82, 2.24) is 10.3 Å². The Balaban J connectivity index is 1.75. The Labute approximate surface area is 185 Å². The maximum absolute atomic E-state index is 12.1. The molecular formula is C22H22N4O4S. The van der Waals surface area contributed by atoms with Gasteiger partial charge in [0.2, 0.25) is 5.91 Å². The quantitative estimate of drug-likeness (QED) is 0.543. The first-order valence-electron chi connectivity index (χ1n) is 9.63. The number of nitrogens with one attached hydrogen (secondary N) is 2. The second-order valence-electron chi connectivity index (χ2n) is 6.88. The van der Waals surface area contributed by atoms with Crippen molar-refractivity contribution in [3.8, 4) is 5.75 Å². The Morgan fingerprint density at radius 2 is 2.13 bits per heavy atom. The molecule has 3 heterocycles. The van der Waals surface area contributed by atoms with E-state index in [-0.39, 0.29) is 24.6 Å². The van der Waals surface area contributed by atoms with Crippen molar-refractivity contribution in [3.05, 3.63) is 72.4 Å². The lowest BCUT2D eigenvalue weighted by Gasteiger charge is -2.26. The topological polar surface area (TPSA) is 88.9 Å². The largest absolute Gasteiger partial charge is 0.495 e. The Kier molecular flexibility index (Phi) is 6.15. The smallest absolute Gasteiger partial charge is 0.250 e. The van der Waals surface area contributed by atoms with E-state index in [1.165, 1.54) is 7.11 Å². The van der Waals surface area contributed by atoms with Gasteiger partial charge >= 0.3 is 0 Å². The molecule has 3 aromatic rings. The Bertz CT molecular complexity index is 1060. The van der Waals surface area contributed by atoms with Crippen LogP contribution in [0.15, 0.2) is 65.4 Å². The third-order valence-corrected chi connectivity index (χ3v) is 5.26. The van der Waals surface area contributed by atoms with Crippen LogP contribution in [0.5, 0.6) is 5.75 Å². The second kappa shape index (κ2) is 9.15. The van der Waals surface area contributed by atoms with Crippen LogP contribution in [0.1, 0.15) is 23.5 Å². The number of ether oxygens (including phenoxy) is 2. The molecule has 0 bridgehead atoms. The molecule has 1 amide bonds. The Morgan fingerprint density at radius 3 is 2.81 bits per heavy atom. The SMILES string of the molecule is COCC(=O)Nc1cc(N2C(=S)N[C@@H](c3ccccn3)[C@H]2c2ccco2)ccc1OC. The predicted molar refractivity (Wildman–Crippen MR) is 120 cm³/mol. The van der Waals surface area contributed by atoms with Gasteiger partial charge < -0.3 is 29.4 Å². The van der Waals surface area contributed by atoms with Crippen molar-refractivity contribution in [2.75, 3.05) is 31.0 Å². The van der Waals surface area contributed by atoms with Crippen molar-refractivity contribution >= 4 is 34.6 Å².